The number of furan rings is 1. The molecule has 3 rings (SSSR count). The minimum absolute atomic E-state index is 0.0790. The highest BCUT2D eigenvalue weighted by molar-refractivity contribution is 14.1. The largest absolute Gasteiger partial charge is 0.453 e. The third-order valence-electron chi connectivity index (χ3n) is 2.74. The summed E-state index contributed by atoms with van der Waals surface area (Å²) in [4.78, 5) is 12.3. The molecule has 0 aliphatic heterocycles. The number of carbonyl (C=O) groups is 1. The van der Waals surface area contributed by atoms with Crippen molar-refractivity contribution < 1.29 is 9.21 Å². The molecular weight excluding hydrogens is 339 g/mol. The molecule has 0 spiro atoms. The third-order valence-corrected chi connectivity index (χ3v) is 3.41. The molecular formula is C15H9IO2. The van der Waals surface area contributed by atoms with Crippen molar-refractivity contribution >= 4 is 39.3 Å². The maximum atomic E-state index is 12.3. The predicted molar refractivity (Wildman–Crippen MR) is 78.8 cm³/mol. The van der Waals surface area contributed by atoms with E-state index < -0.39 is 0 Å². The van der Waals surface area contributed by atoms with Gasteiger partial charge in [-0.15, -0.1) is 0 Å². The fourth-order valence-electron chi connectivity index (χ4n) is 1.87. The molecule has 0 fully saturated rings. The lowest BCUT2D eigenvalue weighted by atomic mass is 10.1. The van der Waals surface area contributed by atoms with Gasteiger partial charge in [-0.2, -0.15) is 0 Å². The van der Waals surface area contributed by atoms with Crippen LogP contribution in [-0.4, -0.2) is 5.78 Å². The van der Waals surface area contributed by atoms with Gasteiger partial charge in [0.2, 0.25) is 5.78 Å². The minimum atomic E-state index is -0.0790. The second kappa shape index (κ2) is 4.57. The van der Waals surface area contributed by atoms with Crippen molar-refractivity contribution in [2.24, 2.45) is 0 Å². The molecule has 3 aromatic rings. The minimum Gasteiger partial charge on any atom is -0.453 e. The van der Waals surface area contributed by atoms with Gasteiger partial charge in [-0.05, 0) is 46.9 Å². The fourth-order valence-corrected chi connectivity index (χ4v) is 2.41. The summed E-state index contributed by atoms with van der Waals surface area (Å²) >= 11 is 2.19. The van der Waals surface area contributed by atoms with Crippen LogP contribution in [0, 0.1) is 3.57 Å². The molecule has 0 bridgehead atoms. The normalized spacial score (nSPS) is 10.7. The Hall–Kier alpha value is -1.62. The first-order chi connectivity index (χ1) is 8.74. The topological polar surface area (TPSA) is 30.2 Å². The van der Waals surface area contributed by atoms with Crippen molar-refractivity contribution in [2.45, 2.75) is 0 Å². The number of fused-ring (bicyclic) bond motifs is 1. The molecule has 0 radical (unpaired) electrons. The van der Waals surface area contributed by atoms with E-state index >= 15 is 0 Å². The second-order valence-corrected chi connectivity index (χ2v) is 5.23. The zero-order valence-corrected chi connectivity index (χ0v) is 11.5. The molecule has 0 aliphatic carbocycles. The zero-order chi connectivity index (χ0) is 12.5. The van der Waals surface area contributed by atoms with Gasteiger partial charge >= 0.3 is 0 Å². The van der Waals surface area contributed by atoms with E-state index in [1.165, 1.54) is 0 Å². The van der Waals surface area contributed by atoms with Crippen LogP contribution in [0.2, 0.25) is 0 Å². The van der Waals surface area contributed by atoms with Gasteiger partial charge in [0, 0.05) is 14.5 Å². The Bertz CT molecular complexity index is 695. The summed E-state index contributed by atoms with van der Waals surface area (Å²) in [6.07, 6.45) is 0. The van der Waals surface area contributed by atoms with E-state index in [0.717, 1.165) is 14.5 Å². The lowest BCUT2D eigenvalue weighted by molar-refractivity contribution is 0.101. The number of ketones is 1. The average molecular weight is 348 g/mol. The maximum Gasteiger partial charge on any atom is 0.228 e. The summed E-state index contributed by atoms with van der Waals surface area (Å²) < 4.78 is 6.61. The van der Waals surface area contributed by atoms with Gasteiger partial charge in [0.05, 0.1) is 0 Å². The molecule has 2 aromatic carbocycles. The molecule has 0 atom stereocenters. The Morgan fingerprint density at radius 1 is 1.00 bits per heavy atom. The van der Waals surface area contributed by atoms with Gasteiger partial charge in [-0.1, -0.05) is 30.3 Å². The van der Waals surface area contributed by atoms with Crippen molar-refractivity contribution in [2.75, 3.05) is 0 Å². The molecule has 0 unspecified atom stereocenters. The van der Waals surface area contributed by atoms with Gasteiger partial charge in [-0.25, -0.2) is 0 Å². The number of halogens is 1. The van der Waals surface area contributed by atoms with Crippen molar-refractivity contribution in [3.8, 4) is 0 Å². The number of benzene rings is 2. The second-order valence-electron chi connectivity index (χ2n) is 3.99. The first kappa shape index (κ1) is 11.5. The highest BCUT2D eigenvalue weighted by Gasteiger charge is 2.14. The van der Waals surface area contributed by atoms with E-state index in [2.05, 4.69) is 22.6 Å². The average Bonchev–Trinajstić information content (AvgIpc) is 2.81. The van der Waals surface area contributed by atoms with E-state index in [0.29, 0.717) is 11.3 Å². The number of para-hydroxylation sites is 1. The van der Waals surface area contributed by atoms with Crippen molar-refractivity contribution in [3.63, 3.8) is 0 Å². The molecule has 3 heteroatoms. The number of rotatable bonds is 2. The monoisotopic (exact) mass is 348 g/mol. The molecule has 88 valence electrons. The van der Waals surface area contributed by atoms with Gasteiger partial charge in [0.15, 0.2) is 5.76 Å². The van der Waals surface area contributed by atoms with E-state index in [4.69, 9.17) is 4.42 Å². The standard InChI is InChI=1S/C15H9IO2/c16-12-6-3-5-11(8-12)15(17)14-9-10-4-1-2-7-13(10)18-14/h1-9H. The number of hydrogen-bond acceptors (Lipinski definition) is 2. The van der Waals surface area contributed by atoms with Crippen LogP contribution in [0.15, 0.2) is 59.0 Å². The smallest absolute Gasteiger partial charge is 0.228 e. The lowest BCUT2D eigenvalue weighted by Crippen LogP contribution is -1.99. The summed E-state index contributed by atoms with van der Waals surface area (Å²) in [6, 6.07) is 16.9. The van der Waals surface area contributed by atoms with Gasteiger partial charge in [0.1, 0.15) is 5.58 Å². The van der Waals surface area contributed by atoms with Crippen LogP contribution >= 0.6 is 22.6 Å². The van der Waals surface area contributed by atoms with Crippen LogP contribution in [-0.2, 0) is 0 Å². The molecule has 0 saturated heterocycles. The molecule has 0 amide bonds. The van der Waals surface area contributed by atoms with Crippen molar-refractivity contribution in [3.05, 3.63) is 69.5 Å². The molecule has 0 saturated carbocycles. The molecule has 18 heavy (non-hydrogen) atoms. The number of carbonyl (C=O) groups excluding carboxylic acids is 1. The number of hydrogen-bond donors (Lipinski definition) is 0. The Morgan fingerprint density at radius 3 is 2.61 bits per heavy atom. The quantitative estimate of drug-likeness (QED) is 0.512. The molecule has 2 nitrogen and oxygen atoms in total. The van der Waals surface area contributed by atoms with Gasteiger partial charge in [-0.3, -0.25) is 4.79 Å². The Morgan fingerprint density at radius 2 is 1.83 bits per heavy atom. The summed E-state index contributed by atoms with van der Waals surface area (Å²) in [5, 5.41) is 0.950. The van der Waals surface area contributed by atoms with Crippen LogP contribution in [0.25, 0.3) is 11.0 Å². The van der Waals surface area contributed by atoms with Gasteiger partial charge in [0.25, 0.3) is 0 Å². The summed E-state index contributed by atoms with van der Waals surface area (Å²) in [6.45, 7) is 0. The predicted octanol–water partition coefficient (Wildman–Crippen LogP) is 4.27. The van der Waals surface area contributed by atoms with Crippen molar-refractivity contribution in [1.29, 1.82) is 0 Å². The lowest BCUT2D eigenvalue weighted by Gasteiger charge is -1.97. The Kier molecular flexibility index (Phi) is 2.91. The highest BCUT2D eigenvalue weighted by atomic mass is 127. The first-order valence-electron chi connectivity index (χ1n) is 5.53. The van der Waals surface area contributed by atoms with Crippen LogP contribution in [0.3, 0.4) is 0 Å². The van der Waals surface area contributed by atoms with E-state index in [1.54, 1.807) is 12.1 Å². The third kappa shape index (κ3) is 2.06. The molecule has 0 N–H and O–H groups in total. The van der Waals surface area contributed by atoms with Crippen LogP contribution in [0.5, 0.6) is 0 Å². The Balaban J connectivity index is 2.06. The van der Waals surface area contributed by atoms with Crippen molar-refractivity contribution in [1.82, 2.24) is 0 Å². The van der Waals surface area contributed by atoms with Crippen LogP contribution in [0.4, 0.5) is 0 Å². The summed E-state index contributed by atoms with van der Waals surface area (Å²) in [7, 11) is 0. The fraction of sp³-hybridized carbons (Fsp3) is 0. The highest BCUT2D eigenvalue weighted by Crippen LogP contribution is 2.21. The van der Waals surface area contributed by atoms with Crippen LogP contribution < -0.4 is 0 Å². The molecule has 0 aliphatic rings. The van der Waals surface area contributed by atoms with Crippen LogP contribution in [0.1, 0.15) is 16.1 Å². The molecule has 1 heterocycles. The van der Waals surface area contributed by atoms with E-state index in [1.807, 2.05) is 42.5 Å². The van der Waals surface area contributed by atoms with E-state index in [9.17, 15) is 4.79 Å². The Labute approximate surface area is 118 Å². The summed E-state index contributed by atoms with van der Waals surface area (Å²) in [5.74, 6) is 0.308. The summed E-state index contributed by atoms with van der Waals surface area (Å²) in [5.41, 5.74) is 1.40. The van der Waals surface area contributed by atoms with E-state index in [-0.39, 0.29) is 5.78 Å². The first-order valence-corrected chi connectivity index (χ1v) is 6.61. The SMILES string of the molecule is O=C(c1cccc(I)c1)c1cc2ccccc2o1. The zero-order valence-electron chi connectivity index (χ0n) is 9.39. The molecule has 1 aromatic heterocycles. The van der Waals surface area contributed by atoms with Gasteiger partial charge < -0.3 is 4.42 Å². The maximum absolute atomic E-state index is 12.3.